The Morgan fingerprint density at radius 2 is 1.69 bits per heavy atom. The number of benzene rings is 3. The third kappa shape index (κ3) is 11.8. The van der Waals surface area contributed by atoms with Crippen LogP contribution in [0, 0.1) is 17.8 Å². The highest BCUT2D eigenvalue weighted by molar-refractivity contribution is 6.07. The number of hydrogen-bond acceptors (Lipinski definition) is 9. The average molecular weight is 825 g/mol. The monoisotopic (exact) mass is 824 g/mol. The van der Waals surface area contributed by atoms with Gasteiger partial charge in [0.2, 0.25) is 0 Å². The SMILES string of the molecule is COc1cc(C(=CC(=O)CC(=O)CCCCCC2C3NCCCC3=CC3CNCCC32)CO)c(Cc2cnc(N)cc2CCc2cccc(CCc3ccccc3)c2)cc1O. The number of ketones is 2. The molecule has 1 aliphatic carbocycles. The van der Waals surface area contributed by atoms with Crippen molar-refractivity contribution >= 4 is 23.0 Å². The first kappa shape index (κ1) is 44.0. The molecule has 2 saturated heterocycles. The van der Waals surface area contributed by atoms with Crippen molar-refractivity contribution < 1.29 is 24.5 Å². The predicted molar refractivity (Wildman–Crippen MR) is 244 cm³/mol. The van der Waals surface area contributed by atoms with Crippen molar-refractivity contribution in [3.8, 4) is 11.5 Å². The normalized spacial score (nSPS) is 20.0. The molecular weight excluding hydrogens is 761 g/mol. The number of ether oxygens (including phenoxy) is 1. The third-order valence-electron chi connectivity index (χ3n) is 13.2. The molecule has 0 saturated carbocycles. The zero-order valence-corrected chi connectivity index (χ0v) is 35.8. The Kier molecular flexibility index (Phi) is 15.6. The number of Topliss-reactive ketones (excluding diaryl/α,β-unsaturated/α-hetero) is 1. The molecular formula is C52H64N4O5. The number of carbonyl (C=O) groups excluding carboxylic acids is 2. The van der Waals surface area contributed by atoms with E-state index in [4.69, 9.17) is 10.5 Å². The summed E-state index contributed by atoms with van der Waals surface area (Å²) in [5.74, 6) is 2.16. The topological polar surface area (TPSA) is 147 Å². The van der Waals surface area contributed by atoms with Gasteiger partial charge in [-0.25, -0.2) is 4.98 Å². The Bertz CT molecular complexity index is 2180. The van der Waals surface area contributed by atoms with Crippen LogP contribution in [0.25, 0.3) is 5.57 Å². The van der Waals surface area contributed by atoms with E-state index in [1.54, 1.807) is 23.9 Å². The fourth-order valence-corrected chi connectivity index (χ4v) is 10.1. The summed E-state index contributed by atoms with van der Waals surface area (Å²) in [5.41, 5.74) is 15.2. The van der Waals surface area contributed by atoms with Crippen LogP contribution in [-0.2, 0) is 41.7 Å². The van der Waals surface area contributed by atoms with Gasteiger partial charge in [-0.15, -0.1) is 0 Å². The molecule has 1 aromatic heterocycles. The summed E-state index contributed by atoms with van der Waals surface area (Å²) in [6, 6.07) is 24.9. The van der Waals surface area contributed by atoms with Gasteiger partial charge in [-0.3, -0.25) is 9.59 Å². The summed E-state index contributed by atoms with van der Waals surface area (Å²) in [6.07, 6.45) is 17.3. The second kappa shape index (κ2) is 21.6. The minimum absolute atomic E-state index is 0.0525. The number of aliphatic hydroxyl groups excluding tert-OH is 1. The first-order valence-electron chi connectivity index (χ1n) is 22.5. The largest absolute Gasteiger partial charge is 0.504 e. The van der Waals surface area contributed by atoms with Crippen molar-refractivity contribution in [2.45, 2.75) is 95.9 Å². The summed E-state index contributed by atoms with van der Waals surface area (Å²) < 4.78 is 5.45. The molecule has 6 N–H and O–H groups in total. The van der Waals surface area contributed by atoms with E-state index < -0.39 is 6.61 Å². The van der Waals surface area contributed by atoms with Gasteiger partial charge in [-0.1, -0.05) is 79.1 Å². The van der Waals surface area contributed by atoms with Crippen molar-refractivity contribution in [2.75, 3.05) is 39.1 Å². The van der Waals surface area contributed by atoms with Gasteiger partial charge < -0.3 is 31.3 Å². The highest BCUT2D eigenvalue weighted by Crippen LogP contribution is 2.43. The van der Waals surface area contributed by atoms with Crippen molar-refractivity contribution in [2.24, 2.45) is 17.8 Å². The fraction of sp³-hybridized carbons (Fsp3) is 0.442. The Labute approximate surface area is 361 Å². The number of anilines is 1. The summed E-state index contributed by atoms with van der Waals surface area (Å²) in [5, 5.41) is 28.9. The Hall–Kier alpha value is -5.09. The van der Waals surface area contributed by atoms with Gasteiger partial charge in [0.05, 0.1) is 20.1 Å². The van der Waals surface area contributed by atoms with Crippen molar-refractivity contribution in [3.63, 3.8) is 0 Å². The number of piperidine rings is 2. The van der Waals surface area contributed by atoms with E-state index in [1.807, 2.05) is 12.1 Å². The van der Waals surface area contributed by atoms with Crippen LogP contribution in [0.2, 0.25) is 0 Å². The number of nitrogens with one attached hydrogen (secondary N) is 2. The first-order valence-corrected chi connectivity index (χ1v) is 22.5. The predicted octanol–water partition coefficient (Wildman–Crippen LogP) is 7.93. The summed E-state index contributed by atoms with van der Waals surface area (Å²) in [6.45, 7) is 2.84. The van der Waals surface area contributed by atoms with Gasteiger partial charge in [0.1, 0.15) is 11.6 Å². The van der Waals surface area contributed by atoms with E-state index in [0.29, 0.717) is 53.2 Å². The number of aryl methyl sites for hydroxylation is 4. The second-order valence-corrected chi connectivity index (χ2v) is 17.4. The number of nitrogens with two attached hydrogens (primary N) is 1. The number of aromatic nitrogens is 1. The number of unbranched alkanes of at least 4 members (excludes halogenated alkanes) is 2. The van der Waals surface area contributed by atoms with Crippen LogP contribution >= 0.6 is 0 Å². The number of phenolic OH excluding ortho intramolecular Hbond substituents is 1. The number of methoxy groups -OCH3 is 1. The van der Waals surface area contributed by atoms with E-state index in [-0.39, 0.29) is 29.5 Å². The van der Waals surface area contributed by atoms with Crippen LogP contribution < -0.4 is 21.1 Å². The number of nitrogen functional groups attached to an aromatic ring is 1. The summed E-state index contributed by atoms with van der Waals surface area (Å²) in [7, 11) is 1.46. The van der Waals surface area contributed by atoms with E-state index >= 15 is 0 Å². The quantitative estimate of drug-likeness (QED) is 0.0260. The zero-order valence-electron chi connectivity index (χ0n) is 35.8. The standard InChI is InChI=1S/C52H64N4O5/c1-61-50-31-48(43(34-57)27-45(59)30-44(58)15-6-3-7-16-47-46-21-23-54-32-42(46)25-39-14-9-22-55-52(39)47)40(28-49(50)60)26-41-33-56-51(53)29-38(41)20-19-37-13-8-12-36(24-37)18-17-35-10-4-2-5-11-35/h2,4-5,8,10-13,24-25,27-29,31,33,42,46-47,52,54-55,57,60H,3,6-7,9,14-23,26,30,32,34H2,1H3,(H2,53,56). The highest BCUT2D eigenvalue weighted by Gasteiger charge is 2.41. The Balaban J connectivity index is 0.964. The number of nitrogens with zero attached hydrogens (tertiary/aromatic N) is 1. The average Bonchev–Trinajstić information content (AvgIpc) is 3.27. The maximum absolute atomic E-state index is 13.4. The number of aromatic hydroxyl groups is 1. The number of phenols is 1. The maximum atomic E-state index is 13.4. The van der Waals surface area contributed by atoms with Crippen LogP contribution in [0.5, 0.6) is 11.5 Å². The van der Waals surface area contributed by atoms with E-state index in [2.05, 4.69) is 70.2 Å². The minimum atomic E-state index is -0.430. The van der Waals surface area contributed by atoms with E-state index in [0.717, 1.165) is 81.6 Å². The van der Waals surface area contributed by atoms with Gasteiger partial charge >= 0.3 is 0 Å². The molecule has 9 nitrogen and oxygen atoms in total. The third-order valence-corrected chi connectivity index (χ3v) is 13.2. The van der Waals surface area contributed by atoms with Gasteiger partial charge in [0.15, 0.2) is 17.3 Å². The molecule has 4 unspecified atom stereocenters. The van der Waals surface area contributed by atoms with Crippen molar-refractivity contribution in [1.82, 2.24) is 15.6 Å². The molecule has 0 amide bonds. The molecule has 2 aliphatic heterocycles. The summed E-state index contributed by atoms with van der Waals surface area (Å²) >= 11 is 0. The van der Waals surface area contributed by atoms with E-state index in [9.17, 15) is 19.8 Å². The van der Waals surface area contributed by atoms with Gasteiger partial charge in [0, 0.05) is 25.2 Å². The molecule has 3 heterocycles. The minimum Gasteiger partial charge on any atom is -0.504 e. The van der Waals surface area contributed by atoms with Gasteiger partial charge in [0.25, 0.3) is 0 Å². The molecule has 0 radical (unpaired) electrons. The van der Waals surface area contributed by atoms with Crippen LogP contribution in [0.15, 0.2) is 96.7 Å². The smallest absolute Gasteiger partial charge is 0.163 e. The molecule has 3 aliphatic rings. The molecule has 0 spiro atoms. The first-order chi connectivity index (χ1) is 29.8. The molecule has 4 aromatic rings. The maximum Gasteiger partial charge on any atom is 0.163 e. The van der Waals surface area contributed by atoms with Crippen LogP contribution in [0.3, 0.4) is 0 Å². The Morgan fingerprint density at radius 1 is 0.902 bits per heavy atom. The molecule has 61 heavy (non-hydrogen) atoms. The number of rotatable bonds is 20. The van der Waals surface area contributed by atoms with Crippen LogP contribution in [0.1, 0.15) is 96.7 Å². The lowest BCUT2D eigenvalue weighted by molar-refractivity contribution is -0.124. The number of fused-ring (bicyclic) bond motifs is 2. The van der Waals surface area contributed by atoms with Crippen molar-refractivity contribution in [1.29, 1.82) is 0 Å². The van der Waals surface area contributed by atoms with Crippen LogP contribution in [-0.4, -0.2) is 66.2 Å². The number of hydrogen-bond donors (Lipinski definition) is 5. The lowest BCUT2D eigenvalue weighted by Crippen LogP contribution is -2.52. The second-order valence-electron chi connectivity index (χ2n) is 17.4. The zero-order chi connectivity index (χ0) is 42.6. The number of pyridine rings is 1. The molecule has 2 fully saturated rings. The molecule has 9 heteroatoms. The number of allylic oxidation sites excluding steroid dienone is 1. The number of aliphatic hydroxyl groups is 1. The van der Waals surface area contributed by atoms with Gasteiger partial charge in [-0.2, -0.15) is 0 Å². The van der Waals surface area contributed by atoms with Crippen LogP contribution in [0.4, 0.5) is 5.82 Å². The lowest BCUT2D eigenvalue weighted by Gasteiger charge is -2.47. The molecule has 7 rings (SSSR count). The molecule has 3 aromatic carbocycles. The van der Waals surface area contributed by atoms with E-state index in [1.165, 1.54) is 55.6 Å². The Morgan fingerprint density at radius 3 is 2.49 bits per heavy atom. The van der Waals surface area contributed by atoms with Gasteiger partial charge in [-0.05, 0) is 164 Å². The molecule has 322 valence electrons. The highest BCUT2D eigenvalue weighted by atomic mass is 16.5. The molecule has 0 bridgehead atoms. The fourth-order valence-electron chi connectivity index (χ4n) is 10.1. The summed E-state index contributed by atoms with van der Waals surface area (Å²) in [4.78, 5) is 30.9. The molecule has 4 atom stereocenters. The lowest BCUT2D eigenvalue weighted by atomic mass is 9.64. The number of carbonyl (C=O) groups is 2. The van der Waals surface area contributed by atoms with Crippen molar-refractivity contribution in [3.05, 3.63) is 136 Å².